The SMILES string of the molecule is c1ccc2c(c1)oc1cccc(-c3cc(-c4cc(-n5c6ccccc6c6ccccc65)cc(-n5c6ccccc6c6ccccc65)c4)nc(-c4cccc5oc6ccccc6c45)n3)c12. The predicted molar refractivity (Wildman–Crippen MR) is 262 cm³/mol. The highest BCUT2D eigenvalue weighted by Crippen LogP contribution is 2.42. The molecule has 0 atom stereocenters. The molecule has 64 heavy (non-hydrogen) atoms. The number of benzene rings is 9. The van der Waals surface area contributed by atoms with Gasteiger partial charge in [-0.2, -0.15) is 0 Å². The Morgan fingerprint density at radius 1 is 0.312 bits per heavy atom. The van der Waals surface area contributed by atoms with Crippen molar-refractivity contribution in [3.63, 3.8) is 0 Å². The molecule has 0 saturated carbocycles. The van der Waals surface area contributed by atoms with E-state index in [9.17, 15) is 0 Å². The van der Waals surface area contributed by atoms with E-state index in [1.165, 1.54) is 21.5 Å². The van der Waals surface area contributed by atoms with Crippen molar-refractivity contribution < 1.29 is 8.83 Å². The van der Waals surface area contributed by atoms with Crippen LogP contribution in [-0.2, 0) is 0 Å². The number of rotatable bonds is 5. The summed E-state index contributed by atoms with van der Waals surface area (Å²) in [5.41, 5.74) is 14.3. The van der Waals surface area contributed by atoms with Crippen LogP contribution in [0.3, 0.4) is 0 Å². The lowest BCUT2D eigenvalue weighted by atomic mass is 10.00. The van der Waals surface area contributed by atoms with Gasteiger partial charge in [0.2, 0.25) is 0 Å². The van der Waals surface area contributed by atoms with Gasteiger partial charge in [0.25, 0.3) is 0 Å². The first-order valence-electron chi connectivity index (χ1n) is 21.6. The van der Waals surface area contributed by atoms with Crippen LogP contribution in [0.5, 0.6) is 0 Å². The summed E-state index contributed by atoms with van der Waals surface area (Å²) >= 11 is 0. The summed E-state index contributed by atoms with van der Waals surface area (Å²) in [6.07, 6.45) is 0. The molecule has 0 radical (unpaired) electrons. The zero-order valence-electron chi connectivity index (χ0n) is 34.2. The van der Waals surface area contributed by atoms with Crippen molar-refractivity contribution in [1.29, 1.82) is 0 Å². The molecule has 0 aliphatic rings. The lowest BCUT2D eigenvalue weighted by Gasteiger charge is -2.16. The third kappa shape index (κ3) is 5.08. The maximum atomic E-state index is 6.43. The van der Waals surface area contributed by atoms with Gasteiger partial charge in [0.05, 0.1) is 33.5 Å². The van der Waals surface area contributed by atoms with Crippen LogP contribution in [0.15, 0.2) is 215 Å². The van der Waals surface area contributed by atoms with Crippen molar-refractivity contribution >= 4 is 87.5 Å². The number of furan rings is 2. The normalized spacial score (nSPS) is 12.1. The fourth-order valence-electron chi connectivity index (χ4n) is 10.2. The number of para-hydroxylation sites is 6. The molecule has 14 aromatic rings. The van der Waals surface area contributed by atoms with E-state index in [0.29, 0.717) is 5.82 Å². The molecule has 0 aliphatic heterocycles. The van der Waals surface area contributed by atoms with Gasteiger partial charge in [-0.25, -0.2) is 9.97 Å². The minimum Gasteiger partial charge on any atom is -0.456 e. The summed E-state index contributed by atoms with van der Waals surface area (Å²) in [6, 6.07) is 72.6. The second-order valence-electron chi connectivity index (χ2n) is 16.5. The highest BCUT2D eigenvalue weighted by atomic mass is 16.3. The Labute approximate surface area is 365 Å². The number of fused-ring (bicyclic) bond motifs is 12. The maximum absolute atomic E-state index is 6.43. The second-order valence-corrected chi connectivity index (χ2v) is 16.5. The lowest BCUT2D eigenvalue weighted by Crippen LogP contribution is -2.02. The van der Waals surface area contributed by atoms with Gasteiger partial charge in [-0.05, 0) is 72.8 Å². The molecule has 5 heterocycles. The van der Waals surface area contributed by atoms with Gasteiger partial charge >= 0.3 is 0 Å². The molecule has 0 unspecified atom stereocenters. The van der Waals surface area contributed by atoms with Crippen LogP contribution in [0.1, 0.15) is 0 Å². The van der Waals surface area contributed by atoms with Crippen LogP contribution in [0.4, 0.5) is 0 Å². The standard InChI is InChI=1S/C58H34N4O2/c1-7-23-48-38(15-1)39-16-2-8-24-49(39)61(48)36-31-35(32-37(33-36)62-50-25-9-3-17-40(50)41-18-4-10-26-51(41)62)46-34-47(42-21-13-29-54-56(42)43-19-5-11-27-52(43)63-54)60-58(59-46)45-22-14-30-55-57(45)44-20-6-12-28-53(44)64-55/h1-34H. The minimum atomic E-state index is 0.607. The third-order valence-corrected chi connectivity index (χ3v) is 12.9. The molecule has 9 aromatic carbocycles. The highest BCUT2D eigenvalue weighted by Gasteiger charge is 2.22. The molecule has 0 bridgehead atoms. The third-order valence-electron chi connectivity index (χ3n) is 12.9. The van der Waals surface area contributed by atoms with Crippen LogP contribution >= 0.6 is 0 Å². The van der Waals surface area contributed by atoms with E-state index in [1.54, 1.807) is 0 Å². The van der Waals surface area contributed by atoms with Gasteiger partial charge in [0.1, 0.15) is 22.3 Å². The number of nitrogens with zero attached hydrogens (tertiary/aromatic N) is 4. The van der Waals surface area contributed by atoms with Crippen LogP contribution in [-0.4, -0.2) is 19.1 Å². The summed E-state index contributed by atoms with van der Waals surface area (Å²) in [4.78, 5) is 11.0. The van der Waals surface area contributed by atoms with Crippen LogP contribution in [0.2, 0.25) is 0 Å². The average molecular weight is 819 g/mol. The van der Waals surface area contributed by atoms with Crippen molar-refractivity contribution in [3.8, 4) is 45.3 Å². The number of hydrogen-bond donors (Lipinski definition) is 0. The zero-order chi connectivity index (χ0) is 41.9. The largest absolute Gasteiger partial charge is 0.456 e. The molecule has 0 amide bonds. The molecule has 6 heteroatoms. The molecular formula is C58H34N4O2. The van der Waals surface area contributed by atoms with Crippen molar-refractivity contribution in [2.75, 3.05) is 0 Å². The lowest BCUT2D eigenvalue weighted by molar-refractivity contribution is 0.668. The fraction of sp³-hybridized carbons (Fsp3) is 0. The van der Waals surface area contributed by atoms with E-state index in [-0.39, 0.29) is 0 Å². The van der Waals surface area contributed by atoms with E-state index in [1.807, 2.05) is 42.5 Å². The van der Waals surface area contributed by atoms with E-state index in [0.717, 1.165) is 105 Å². The Hall–Kier alpha value is -8.74. The van der Waals surface area contributed by atoms with E-state index in [4.69, 9.17) is 18.8 Å². The molecule has 0 aliphatic carbocycles. The number of hydrogen-bond acceptors (Lipinski definition) is 4. The van der Waals surface area contributed by atoms with Gasteiger partial charge in [-0.15, -0.1) is 0 Å². The zero-order valence-corrected chi connectivity index (χ0v) is 34.2. The van der Waals surface area contributed by atoms with Crippen molar-refractivity contribution in [1.82, 2.24) is 19.1 Å². The smallest absolute Gasteiger partial charge is 0.161 e. The molecule has 0 saturated heterocycles. The monoisotopic (exact) mass is 818 g/mol. The summed E-state index contributed by atoms with van der Waals surface area (Å²) in [6.45, 7) is 0. The van der Waals surface area contributed by atoms with E-state index in [2.05, 4.69) is 173 Å². The van der Waals surface area contributed by atoms with E-state index < -0.39 is 0 Å². The molecule has 5 aromatic heterocycles. The summed E-state index contributed by atoms with van der Waals surface area (Å²) in [7, 11) is 0. The molecule has 6 nitrogen and oxygen atoms in total. The van der Waals surface area contributed by atoms with Gasteiger partial charge in [-0.1, -0.05) is 133 Å². The molecule has 0 spiro atoms. The molecule has 14 rings (SSSR count). The van der Waals surface area contributed by atoms with Gasteiger partial charge < -0.3 is 18.0 Å². The summed E-state index contributed by atoms with van der Waals surface area (Å²) in [5.74, 6) is 0.607. The van der Waals surface area contributed by atoms with Crippen LogP contribution in [0, 0.1) is 0 Å². The molecule has 298 valence electrons. The van der Waals surface area contributed by atoms with Gasteiger partial charge in [0.15, 0.2) is 5.82 Å². The molecule has 0 N–H and O–H groups in total. The van der Waals surface area contributed by atoms with Crippen molar-refractivity contribution in [2.24, 2.45) is 0 Å². The Bertz CT molecular complexity index is 3850. The first-order chi connectivity index (χ1) is 31.7. The fourth-order valence-corrected chi connectivity index (χ4v) is 10.2. The number of aromatic nitrogens is 4. The summed E-state index contributed by atoms with van der Waals surface area (Å²) in [5, 5.41) is 8.88. The first kappa shape index (κ1) is 34.9. The Kier molecular flexibility index (Phi) is 7.30. The minimum absolute atomic E-state index is 0.607. The molecule has 0 fully saturated rings. The van der Waals surface area contributed by atoms with Gasteiger partial charge in [-0.3, -0.25) is 0 Å². The Balaban J connectivity index is 1.11. The summed E-state index contributed by atoms with van der Waals surface area (Å²) < 4.78 is 17.6. The first-order valence-corrected chi connectivity index (χ1v) is 21.6. The van der Waals surface area contributed by atoms with Gasteiger partial charge in [0, 0.05) is 71.2 Å². The van der Waals surface area contributed by atoms with E-state index >= 15 is 0 Å². The Morgan fingerprint density at radius 2 is 0.703 bits per heavy atom. The second kappa shape index (κ2) is 13.4. The van der Waals surface area contributed by atoms with Crippen LogP contribution < -0.4 is 0 Å². The van der Waals surface area contributed by atoms with Crippen molar-refractivity contribution in [2.45, 2.75) is 0 Å². The predicted octanol–water partition coefficient (Wildman–Crippen LogP) is 15.5. The average Bonchev–Trinajstić information content (AvgIpc) is 4.11. The quantitative estimate of drug-likeness (QED) is 0.174. The van der Waals surface area contributed by atoms with Crippen LogP contribution in [0.25, 0.3) is 133 Å². The topological polar surface area (TPSA) is 61.9 Å². The Morgan fingerprint density at radius 3 is 1.20 bits per heavy atom. The highest BCUT2D eigenvalue weighted by molar-refractivity contribution is 6.14. The maximum Gasteiger partial charge on any atom is 0.161 e. The molecular weight excluding hydrogens is 785 g/mol. The van der Waals surface area contributed by atoms with Crippen molar-refractivity contribution in [3.05, 3.63) is 206 Å².